The van der Waals surface area contributed by atoms with Crippen molar-refractivity contribution in [3.63, 3.8) is 0 Å². The number of hydrogen-bond acceptors (Lipinski definition) is 8. The Morgan fingerprint density at radius 2 is 1.63 bits per heavy atom. The topological polar surface area (TPSA) is 140 Å². The molecule has 0 spiro atoms. The van der Waals surface area contributed by atoms with Crippen LogP contribution in [0.15, 0.2) is 84.0 Å². The minimum absolute atomic E-state index is 0.0733. The standard InChI is InChI=1S/C27H22N4O7/c28-30-29-23(25(32)31-20(16-37-27(31)34)17-7-3-1-4-8-17)24(38-26(33)18-9-5-2-6-10-18)19-11-12-21-22(15-19)36-14-13-35-21/h1-12,15,20,23-24H,13-14,16H2/t20-,23+,24?/m1/s1. The number of nitrogens with zero attached hydrogens (tertiary/aromatic N) is 4. The highest BCUT2D eigenvalue weighted by molar-refractivity contribution is 5.97. The number of hydrogen-bond donors (Lipinski definition) is 0. The highest BCUT2D eigenvalue weighted by Gasteiger charge is 2.45. The summed E-state index contributed by atoms with van der Waals surface area (Å²) in [6.07, 6.45) is -2.29. The number of carbonyl (C=O) groups excluding carboxylic acids is 3. The third-order valence-electron chi connectivity index (χ3n) is 6.15. The van der Waals surface area contributed by atoms with E-state index in [0.29, 0.717) is 35.8 Å². The Balaban J connectivity index is 1.54. The number of fused-ring (bicyclic) bond motifs is 1. The summed E-state index contributed by atoms with van der Waals surface area (Å²) in [5, 5.41) is 3.70. The number of cyclic esters (lactones) is 1. The molecule has 11 nitrogen and oxygen atoms in total. The molecule has 0 aromatic heterocycles. The Morgan fingerprint density at radius 3 is 2.34 bits per heavy atom. The van der Waals surface area contributed by atoms with Gasteiger partial charge in [-0.25, -0.2) is 14.5 Å². The summed E-state index contributed by atoms with van der Waals surface area (Å²) in [6.45, 7) is 0.606. The van der Waals surface area contributed by atoms with Crippen molar-refractivity contribution < 1.29 is 33.3 Å². The van der Waals surface area contributed by atoms with Crippen molar-refractivity contribution in [2.24, 2.45) is 5.11 Å². The molecule has 2 amide bonds. The van der Waals surface area contributed by atoms with E-state index in [2.05, 4.69) is 10.0 Å². The third-order valence-corrected chi connectivity index (χ3v) is 6.15. The molecule has 1 fully saturated rings. The lowest BCUT2D eigenvalue weighted by Gasteiger charge is -2.29. The summed E-state index contributed by atoms with van der Waals surface area (Å²) in [5.74, 6) is -0.767. The largest absolute Gasteiger partial charge is 0.486 e. The Hall–Kier alpha value is -5.02. The Labute approximate surface area is 217 Å². The second-order valence-corrected chi connectivity index (χ2v) is 8.46. The number of benzene rings is 3. The number of amides is 2. The van der Waals surface area contributed by atoms with Gasteiger partial charge in [-0.3, -0.25) is 4.79 Å². The average molecular weight is 514 g/mol. The summed E-state index contributed by atoms with van der Waals surface area (Å²) in [4.78, 5) is 43.4. The molecular weight excluding hydrogens is 492 g/mol. The molecule has 0 aliphatic carbocycles. The highest BCUT2D eigenvalue weighted by atomic mass is 16.6. The number of carbonyl (C=O) groups is 3. The first kappa shape index (κ1) is 24.7. The predicted octanol–water partition coefficient (Wildman–Crippen LogP) is 4.75. The maximum atomic E-state index is 13.9. The minimum atomic E-state index is -1.63. The van der Waals surface area contributed by atoms with Crippen molar-refractivity contribution >= 4 is 18.0 Å². The lowest BCUT2D eigenvalue weighted by Crippen LogP contribution is -2.43. The van der Waals surface area contributed by atoms with Gasteiger partial charge in [-0.05, 0) is 40.9 Å². The molecule has 0 saturated carbocycles. The lowest BCUT2D eigenvalue weighted by molar-refractivity contribution is -0.133. The molecule has 0 N–H and O–H groups in total. The van der Waals surface area contributed by atoms with Gasteiger partial charge in [0.2, 0.25) is 5.91 Å². The van der Waals surface area contributed by atoms with E-state index in [1.807, 2.05) is 0 Å². The smallest absolute Gasteiger partial charge is 0.417 e. The van der Waals surface area contributed by atoms with Gasteiger partial charge < -0.3 is 18.9 Å². The van der Waals surface area contributed by atoms with E-state index in [9.17, 15) is 19.9 Å². The van der Waals surface area contributed by atoms with Crippen LogP contribution in [-0.2, 0) is 14.3 Å². The molecule has 1 unspecified atom stereocenters. The van der Waals surface area contributed by atoms with Gasteiger partial charge in [-0.2, -0.15) is 0 Å². The van der Waals surface area contributed by atoms with Gasteiger partial charge in [0.15, 0.2) is 17.5 Å². The van der Waals surface area contributed by atoms with Crippen LogP contribution in [-0.4, -0.2) is 48.7 Å². The van der Waals surface area contributed by atoms with Crippen LogP contribution in [0, 0.1) is 0 Å². The summed E-state index contributed by atoms with van der Waals surface area (Å²) in [7, 11) is 0. The number of azide groups is 1. The zero-order chi connectivity index (χ0) is 26.5. The van der Waals surface area contributed by atoms with Gasteiger partial charge in [0, 0.05) is 4.91 Å². The normalized spacial score (nSPS) is 17.5. The lowest BCUT2D eigenvalue weighted by atomic mass is 9.99. The van der Waals surface area contributed by atoms with E-state index in [1.165, 1.54) is 0 Å². The quantitative estimate of drug-likeness (QED) is 0.192. The zero-order valence-corrected chi connectivity index (χ0v) is 20.0. The van der Waals surface area contributed by atoms with Crippen LogP contribution in [0.5, 0.6) is 11.5 Å². The van der Waals surface area contributed by atoms with E-state index in [-0.39, 0.29) is 12.2 Å². The summed E-state index contributed by atoms with van der Waals surface area (Å²) < 4.78 is 22.2. The van der Waals surface area contributed by atoms with Crippen LogP contribution in [0.25, 0.3) is 10.4 Å². The van der Waals surface area contributed by atoms with Gasteiger partial charge in [-0.1, -0.05) is 59.7 Å². The van der Waals surface area contributed by atoms with Gasteiger partial charge in [0.05, 0.1) is 5.56 Å². The van der Waals surface area contributed by atoms with Crippen LogP contribution in [0.2, 0.25) is 0 Å². The molecule has 5 rings (SSSR count). The van der Waals surface area contributed by atoms with Crippen molar-refractivity contribution in [1.29, 1.82) is 0 Å². The van der Waals surface area contributed by atoms with Gasteiger partial charge >= 0.3 is 12.1 Å². The van der Waals surface area contributed by atoms with Crippen LogP contribution >= 0.6 is 0 Å². The fourth-order valence-corrected chi connectivity index (χ4v) is 4.33. The second-order valence-electron chi connectivity index (χ2n) is 8.46. The molecule has 3 atom stereocenters. The fourth-order valence-electron chi connectivity index (χ4n) is 4.33. The first-order valence-electron chi connectivity index (χ1n) is 11.8. The molecule has 38 heavy (non-hydrogen) atoms. The first-order chi connectivity index (χ1) is 18.6. The van der Waals surface area contributed by atoms with Gasteiger partial charge in [-0.15, -0.1) is 0 Å². The molecular formula is C27H22N4O7. The number of imide groups is 1. The number of esters is 1. The van der Waals surface area contributed by atoms with Gasteiger partial charge in [0.25, 0.3) is 0 Å². The Morgan fingerprint density at radius 1 is 0.947 bits per heavy atom. The molecule has 11 heteroatoms. The molecule has 2 heterocycles. The molecule has 1 saturated heterocycles. The van der Waals surface area contributed by atoms with Crippen molar-refractivity contribution in [2.45, 2.75) is 18.2 Å². The third kappa shape index (κ3) is 4.95. The van der Waals surface area contributed by atoms with Crippen LogP contribution in [0.3, 0.4) is 0 Å². The van der Waals surface area contributed by atoms with E-state index in [0.717, 1.165) is 4.90 Å². The molecule has 0 radical (unpaired) electrons. The maximum Gasteiger partial charge on any atom is 0.417 e. The average Bonchev–Trinajstić information content (AvgIpc) is 3.36. The van der Waals surface area contributed by atoms with Crippen LogP contribution < -0.4 is 9.47 Å². The maximum absolute atomic E-state index is 13.9. The molecule has 3 aromatic carbocycles. The van der Waals surface area contributed by atoms with E-state index in [1.54, 1.807) is 78.9 Å². The predicted molar refractivity (Wildman–Crippen MR) is 132 cm³/mol. The molecule has 2 aliphatic heterocycles. The number of rotatable bonds is 7. The monoisotopic (exact) mass is 514 g/mol. The first-order valence-corrected chi connectivity index (χ1v) is 11.8. The summed E-state index contributed by atoms with van der Waals surface area (Å²) in [6, 6.07) is 19.4. The zero-order valence-electron chi connectivity index (χ0n) is 20.0. The molecule has 0 bridgehead atoms. The van der Waals surface area contributed by atoms with Crippen molar-refractivity contribution in [3.05, 3.63) is 106 Å². The van der Waals surface area contributed by atoms with E-state index >= 15 is 0 Å². The Bertz CT molecular complexity index is 1390. The van der Waals surface area contributed by atoms with E-state index in [4.69, 9.17) is 18.9 Å². The van der Waals surface area contributed by atoms with Crippen LogP contribution in [0.4, 0.5) is 4.79 Å². The van der Waals surface area contributed by atoms with E-state index < -0.39 is 36.2 Å². The summed E-state index contributed by atoms with van der Waals surface area (Å²) in [5.41, 5.74) is 10.6. The minimum Gasteiger partial charge on any atom is -0.486 e. The fraction of sp³-hybridized carbons (Fsp3) is 0.222. The van der Waals surface area contributed by atoms with Crippen LogP contribution in [0.1, 0.15) is 33.6 Å². The Kier molecular flexibility index (Phi) is 7.10. The van der Waals surface area contributed by atoms with Crippen molar-refractivity contribution in [1.82, 2.24) is 4.90 Å². The molecule has 2 aliphatic rings. The molecule has 3 aromatic rings. The SMILES string of the molecule is [N-]=[N+]=N[C@H](C(=O)N1C(=O)OC[C@@H]1c1ccccc1)C(OC(=O)c1ccccc1)c1ccc2c(c1)OCCO2. The second kappa shape index (κ2) is 10.9. The van der Waals surface area contributed by atoms with Crippen molar-refractivity contribution in [2.75, 3.05) is 19.8 Å². The highest BCUT2D eigenvalue weighted by Crippen LogP contribution is 2.37. The van der Waals surface area contributed by atoms with Crippen molar-refractivity contribution in [3.8, 4) is 11.5 Å². The van der Waals surface area contributed by atoms with Gasteiger partial charge in [0.1, 0.15) is 32.0 Å². The summed E-state index contributed by atoms with van der Waals surface area (Å²) >= 11 is 0. The number of ether oxygens (including phenoxy) is 4. The molecule has 192 valence electrons.